The van der Waals surface area contributed by atoms with E-state index in [1.165, 1.54) is 35.9 Å². The van der Waals surface area contributed by atoms with Crippen molar-refractivity contribution in [2.45, 2.75) is 29.7 Å². The lowest BCUT2D eigenvalue weighted by molar-refractivity contribution is 0.0693. The van der Waals surface area contributed by atoms with Gasteiger partial charge in [-0.2, -0.15) is 4.31 Å². The van der Waals surface area contributed by atoms with E-state index in [0.717, 1.165) is 27.6 Å². The molecule has 0 saturated carbocycles. The molecule has 1 aliphatic rings. The minimum atomic E-state index is -3.85. The molecular weight excluding hydrogens is 647 g/mol. The van der Waals surface area contributed by atoms with Gasteiger partial charge in [-0.15, -0.1) is 0 Å². The zero-order valence-electron chi connectivity index (χ0n) is 24.7. The number of anilines is 1. The monoisotopic (exact) mass is 676 g/mol. The maximum Gasteiger partial charge on any atom is 0.339 e. The number of carboxylic acids is 1. The third-order valence-corrected chi connectivity index (χ3v) is 10.6. The van der Waals surface area contributed by atoms with Crippen LogP contribution in [0.4, 0.5) is 5.82 Å². The van der Waals surface area contributed by atoms with Gasteiger partial charge in [-0.3, -0.25) is 0 Å². The fraction of sp³-hybridized carbons (Fsp3) is 0.206. The fourth-order valence-electron chi connectivity index (χ4n) is 5.85. The molecule has 9 nitrogen and oxygen atoms in total. The largest absolute Gasteiger partial charge is 0.496 e. The second-order valence-corrected chi connectivity index (χ2v) is 13.8. The molecule has 1 fully saturated rings. The van der Waals surface area contributed by atoms with E-state index in [4.69, 9.17) is 27.9 Å². The zero-order chi connectivity index (χ0) is 32.4. The second kappa shape index (κ2) is 13.3. The predicted molar refractivity (Wildman–Crippen MR) is 179 cm³/mol. The summed E-state index contributed by atoms with van der Waals surface area (Å²) in [6.45, 7) is 0.568. The quantitative estimate of drug-likeness (QED) is 0.159. The Kier molecular flexibility index (Phi) is 9.15. The van der Waals surface area contributed by atoms with Crippen molar-refractivity contribution in [2.24, 2.45) is 0 Å². The van der Waals surface area contributed by atoms with Gasteiger partial charge in [0.25, 0.3) is 0 Å². The number of nitrogens with zero attached hydrogens (tertiary/aromatic N) is 3. The second-order valence-electron chi connectivity index (χ2n) is 11.0. The van der Waals surface area contributed by atoms with E-state index in [1.807, 2.05) is 54.6 Å². The first-order chi connectivity index (χ1) is 22.1. The molecule has 0 atom stereocenters. The van der Waals surface area contributed by atoms with Gasteiger partial charge in [-0.25, -0.2) is 23.2 Å². The van der Waals surface area contributed by atoms with Crippen LogP contribution in [0.15, 0.2) is 96.2 Å². The number of sulfonamides is 1. The predicted octanol–water partition coefficient (Wildman–Crippen LogP) is 7.09. The van der Waals surface area contributed by atoms with Gasteiger partial charge in [0.15, 0.2) is 0 Å². The number of fused-ring (bicyclic) bond motifs is 1. The number of piperidine rings is 1. The topological polar surface area (TPSA) is 122 Å². The first kappa shape index (κ1) is 31.7. The SMILES string of the molecule is COc1cc(S(=O)(=O)N2CCC(Nc3ncnc4ccc(C(c5ccc(Cl)cc5)c5ccc(Cl)cc5)cc34)CC2)ccc1C(=O)O. The highest BCUT2D eigenvalue weighted by Gasteiger charge is 2.31. The van der Waals surface area contributed by atoms with Gasteiger partial charge in [0.2, 0.25) is 10.0 Å². The van der Waals surface area contributed by atoms with Gasteiger partial charge >= 0.3 is 5.97 Å². The highest BCUT2D eigenvalue weighted by atomic mass is 35.5. The summed E-state index contributed by atoms with van der Waals surface area (Å²) < 4.78 is 33.4. The standard InChI is InChI=1S/C34H30Cl2N4O5S/c1-45-31-19-27(11-12-28(31)34(41)42)46(43,44)40-16-14-26(15-17-40)39-33-29-18-23(6-13-30(29)37-20-38-33)32(21-2-7-24(35)8-3-21)22-4-9-25(36)10-5-22/h2-13,18-20,26,32H,14-17H2,1H3,(H,41,42)(H,37,38,39). The molecular formula is C34H30Cl2N4O5S. The lowest BCUT2D eigenvalue weighted by atomic mass is 9.84. The summed E-state index contributed by atoms with van der Waals surface area (Å²) >= 11 is 12.4. The van der Waals surface area contributed by atoms with Crippen molar-refractivity contribution in [3.8, 4) is 5.75 Å². The molecule has 0 unspecified atom stereocenters. The van der Waals surface area contributed by atoms with E-state index in [2.05, 4.69) is 27.4 Å². The first-order valence-electron chi connectivity index (χ1n) is 14.6. The molecule has 4 aromatic carbocycles. The maximum atomic E-state index is 13.4. The van der Waals surface area contributed by atoms with Gasteiger partial charge in [0.05, 0.1) is 17.5 Å². The van der Waals surface area contributed by atoms with E-state index in [-0.39, 0.29) is 41.3 Å². The molecule has 6 rings (SSSR count). The normalized spacial score (nSPS) is 14.4. The van der Waals surface area contributed by atoms with Crippen molar-refractivity contribution in [3.63, 3.8) is 0 Å². The number of aromatic nitrogens is 2. The number of benzene rings is 4. The van der Waals surface area contributed by atoms with Gasteiger partial charge in [0, 0.05) is 46.5 Å². The van der Waals surface area contributed by atoms with Gasteiger partial charge < -0.3 is 15.2 Å². The Morgan fingerprint density at radius 3 is 2.09 bits per heavy atom. The van der Waals surface area contributed by atoms with Crippen LogP contribution in [0.5, 0.6) is 5.75 Å². The van der Waals surface area contributed by atoms with E-state index < -0.39 is 16.0 Å². The molecule has 0 amide bonds. The van der Waals surface area contributed by atoms with Crippen LogP contribution in [0.3, 0.4) is 0 Å². The third-order valence-electron chi connectivity index (χ3n) is 8.24. The fourth-order valence-corrected chi connectivity index (χ4v) is 7.59. The van der Waals surface area contributed by atoms with Crippen molar-refractivity contribution in [3.05, 3.63) is 124 Å². The van der Waals surface area contributed by atoms with Gasteiger partial charge in [-0.1, -0.05) is 53.5 Å². The molecule has 1 aliphatic heterocycles. The Balaban J connectivity index is 1.24. The van der Waals surface area contributed by atoms with Gasteiger partial charge in [0.1, 0.15) is 23.5 Å². The number of methoxy groups -OCH3 is 1. The highest BCUT2D eigenvalue weighted by Crippen LogP contribution is 2.36. The van der Waals surface area contributed by atoms with E-state index in [1.54, 1.807) is 0 Å². The molecule has 5 aromatic rings. The van der Waals surface area contributed by atoms with Crippen LogP contribution in [-0.2, 0) is 10.0 Å². The number of aromatic carboxylic acids is 1. The number of rotatable bonds is 9. The maximum absolute atomic E-state index is 13.4. The van der Waals surface area contributed by atoms with Crippen LogP contribution in [0.2, 0.25) is 10.0 Å². The number of carboxylic acid groups (broad SMARTS) is 1. The zero-order valence-corrected chi connectivity index (χ0v) is 27.1. The minimum absolute atomic E-state index is 0.00509. The summed E-state index contributed by atoms with van der Waals surface area (Å²) in [6, 6.07) is 25.5. The molecule has 1 aromatic heterocycles. The average molecular weight is 678 g/mol. The molecule has 2 N–H and O–H groups in total. The van der Waals surface area contributed by atoms with Crippen molar-refractivity contribution in [2.75, 3.05) is 25.5 Å². The van der Waals surface area contributed by atoms with Crippen molar-refractivity contribution >= 4 is 55.9 Å². The number of hydrogen-bond donors (Lipinski definition) is 2. The van der Waals surface area contributed by atoms with Crippen molar-refractivity contribution in [1.29, 1.82) is 0 Å². The van der Waals surface area contributed by atoms with Crippen LogP contribution in [0, 0.1) is 0 Å². The lowest BCUT2D eigenvalue weighted by Crippen LogP contribution is -2.42. The first-order valence-corrected chi connectivity index (χ1v) is 16.8. The third kappa shape index (κ3) is 6.52. The molecule has 0 spiro atoms. The molecule has 236 valence electrons. The summed E-state index contributed by atoms with van der Waals surface area (Å²) in [5.74, 6) is -0.617. The van der Waals surface area contributed by atoms with Crippen LogP contribution in [0.25, 0.3) is 10.9 Å². The molecule has 0 aliphatic carbocycles. The number of nitrogens with one attached hydrogen (secondary N) is 1. The molecule has 0 bridgehead atoms. The summed E-state index contributed by atoms with van der Waals surface area (Å²) in [7, 11) is -2.54. The number of ether oxygens (including phenoxy) is 1. The number of carbonyl (C=O) groups is 1. The smallest absolute Gasteiger partial charge is 0.339 e. The van der Waals surface area contributed by atoms with Crippen molar-refractivity contribution in [1.82, 2.24) is 14.3 Å². The Morgan fingerprint density at radius 2 is 1.50 bits per heavy atom. The number of hydrogen-bond acceptors (Lipinski definition) is 7. The molecule has 46 heavy (non-hydrogen) atoms. The highest BCUT2D eigenvalue weighted by molar-refractivity contribution is 7.89. The minimum Gasteiger partial charge on any atom is -0.496 e. The Bertz CT molecular complexity index is 1950. The van der Waals surface area contributed by atoms with Crippen LogP contribution in [0.1, 0.15) is 45.8 Å². The summed E-state index contributed by atoms with van der Waals surface area (Å²) in [5, 5.41) is 15.1. The molecule has 0 radical (unpaired) electrons. The van der Waals surface area contributed by atoms with E-state index >= 15 is 0 Å². The summed E-state index contributed by atoms with van der Waals surface area (Å²) in [5.41, 5.74) is 3.87. The van der Waals surface area contributed by atoms with Crippen LogP contribution >= 0.6 is 23.2 Å². The average Bonchev–Trinajstić information content (AvgIpc) is 3.06. The summed E-state index contributed by atoms with van der Waals surface area (Å²) in [4.78, 5) is 20.5. The van der Waals surface area contributed by atoms with Crippen LogP contribution < -0.4 is 10.1 Å². The van der Waals surface area contributed by atoms with E-state index in [0.29, 0.717) is 28.7 Å². The molecule has 1 saturated heterocycles. The van der Waals surface area contributed by atoms with E-state index in [9.17, 15) is 18.3 Å². The Morgan fingerprint density at radius 1 is 0.891 bits per heavy atom. The Hall–Kier alpha value is -4.22. The molecule has 12 heteroatoms. The van der Waals surface area contributed by atoms with Crippen LogP contribution in [-0.4, -0.2) is 60.0 Å². The Labute approximate surface area is 276 Å². The lowest BCUT2D eigenvalue weighted by Gasteiger charge is -2.32. The van der Waals surface area contributed by atoms with Crippen molar-refractivity contribution < 1.29 is 23.1 Å². The number of halogens is 2. The summed E-state index contributed by atoms with van der Waals surface area (Å²) in [6.07, 6.45) is 2.62. The molecule has 2 heterocycles. The van der Waals surface area contributed by atoms with Gasteiger partial charge in [-0.05, 0) is 78.1 Å².